The fraction of sp³-hybridized carbons (Fsp3) is 0.778. The second kappa shape index (κ2) is 3.44. The summed E-state index contributed by atoms with van der Waals surface area (Å²) in [7, 11) is 0. The highest BCUT2D eigenvalue weighted by Crippen LogP contribution is 2.25. The number of hydrogen-bond donors (Lipinski definition) is 0. The van der Waals surface area contributed by atoms with Gasteiger partial charge in [-0.05, 0) is 20.8 Å². The lowest BCUT2D eigenvalue weighted by molar-refractivity contribution is 0.0388. The minimum Gasteiger partial charge on any atom is -0.493 e. The van der Waals surface area contributed by atoms with E-state index in [2.05, 4.69) is 0 Å². The van der Waals surface area contributed by atoms with E-state index in [4.69, 9.17) is 9.47 Å². The van der Waals surface area contributed by atoms with Crippen molar-refractivity contribution in [3.63, 3.8) is 0 Å². The van der Waals surface area contributed by atoms with Gasteiger partial charge in [0.25, 0.3) is 0 Å². The molecular weight excluding hydrogens is 159 g/mol. The van der Waals surface area contributed by atoms with Crippen LogP contribution in [0.2, 0.25) is 0 Å². The van der Waals surface area contributed by atoms with Crippen molar-refractivity contribution in [2.45, 2.75) is 38.9 Å². The molecule has 1 aliphatic rings. The van der Waals surface area contributed by atoms with E-state index in [9.17, 15) is 4.39 Å². The zero-order valence-electron chi connectivity index (χ0n) is 7.76. The summed E-state index contributed by atoms with van der Waals surface area (Å²) in [5.74, 6) is -0.306. The highest BCUT2D eigenvalue weighted by Gasteiger charge is 2.31. The van der Waals surface area contributed by atoms with E-state index >= 15 is 0 Å². The zero-order valence-corrected chi connectivity index (χ0v) is 7.76. The van der Waals surface area contributed by atoms with Crippen LogP contribution in [0.3, 0.4) is 0 Å². The molecule has 0 N–H and O–H groups in total. The second-order valence-electron chi connectivity index (χ2n) is 3.74. The van der Waals surface area contributed by atoms with Crippen LogP contribution in [0.25, 0.3) is 0 Å². The smallest absolute Gasteiger partial charge is 0.131 e. The minimum atomic E-state index is -0.325. The van der Waals surface area contributed by atoms with Gasteiger partial charge in [0.1, 0.15) is 17.7 Å². The van der Waals surface area contributed by atoms with E-state index < -0.39 is 0 Å². The first-order valence-electron chi connectivity index (χ1n) is 4.11. The predicted octanol–water partition coefficient (Wildman–Crippen LogP) is 2.40. The van der Waals surface area contributed by atoms with E-state index in [1.54, 1.807) is 0 Å². The molecule has 12 heavy (non-hydrogen) atoms. The summed E-state index contributed by atoms with van der Waals surface area (Å²) in [6, 6.07) is 0. The van der Waals surface area contributed by atoms with Crippen LogP contribution in [0.4, 0.5) is 4.39 Å². The Morgan fingerprint density at radius 3 is 2.75 bits per heavy atom. The fourth-order valence-electron chi connectivity index (χ4n) is 1.02. The molecule has 0 bridgehead atoms. The largest absolute Gasteiger partial charge is 0.493 e. The predicted molar refractivity (Wildman–Crippen MR) is 44.4 cm³/mol. The van der Waals surface area contributed by atoms with Gasteiger partial charge in [-0.1, -0.05) is 0 Å². The summed E-state index contributed by atoms with van der Waals surface area (Å²) >= 11 is 0. The van der Waals surface area contributed by atoms with Gasteiger partial charge in [0.2, 0.25) is 0 Å². The molecule has 1 aliphatic heterocycles. The van der Waals surface area contributed by atoms with Gasteiger partial charge < -0.3 is 9.47 Å². The lowest BCUT2D eigenvalue weighted by atomic mass is 10.0. The van der Waals surface area contributed by atoms with Gasteiger partial charge in [-0.2, -0.15) is 0 Å². The highest BCUT2D eigenvalue weighted by atomic mass is 19.1. The van der Waals surface area contributed by atoms with E-state index in [1.807, 2.05) is 13.8 Å². The highest BCUT2D eigenvalue weighted by molar-refractivity contribution is 4.86. The molecule has 1 rings (SSSR count). The van der Waals surface area contributed by atoms with Gasteiger partial charge in [0.05, 0.1) is 12.7 Å². The lowest BCUT2D eigenvalue weighted by Crippen LogP contribution is -2.24. The Bertz CT molecular complexity index is 179. The normalized spacial score (nSPS) is 24.0. The Kier molecular flexibility index (Phi) is 2.73. The second-order valence-corrected chi connectivity index (χ2v) is 3.74. The number of rotatable bonds is 4. The molecule has 0 saturated carbocycles. The summed E-state index contributed by atoms with van der Waals surface area (Å²) in [6.45, 7) is 6.02. The fourth-order valence-corrected chi connectivity index (χ4v) is 1.02. The molecule has 1 heterocycles. The molecule has 70 valence electrons. The van der Waals surface area contributed by atoms with Crippen molar-refractivity contribution in [3.05, 3.63) is 12.1 Å². The van der Waals surface area contributed by atoms with Crippen LogP contribution in [0.1, 0.15) is 27.2 Å². The van der Waals surface area contributed by atoms with Crippen molar-refractivity contribution in [1.29, 1.82) is 0 Å². The maximum absolute atomic E-state index is 12.3. The Labute approximate surface area is 72.4 Å². The van der Waals surface area contributed by atoms with Crippen molar-refractivity contribution in [2.24, 2.45) is 0 Å². The maximum atomic E-state index is 12.3. The Morgan fingerprint density at radius 1 is 1.75 bits per heavy atom. The number of ether oxygens (including phenoxy) is 2. The number of halogens is 1. The zero-order chi connectivity index (χ0) is 9.19. The van der Waals surface area contributed by atoms with E-state index in [0.29, 0.717) is 6.10 Å². The van der Waals surface area contributed by atoms with Crippen LogP contribution in [-0.4, -0.2) is 18.3 Å². The molecule has 1 saturated heterocycles. The molecule has 3 heteroatoms. The minimum absolute atomic E-state index is 0.306. The van der Waals surface area contributed by atoms with Crippen molar-refractivity contribution in [2.75, 3.05) is 6.61 Å². The third-order valence-corrected chi connectivity index (χ3v) is 1.66. The Morgan fingerprint density at radius 2 is 2.33 bits per heavy atom. The average Bonchev–Trinajstić information content (AvgIpc) is 2.67. The van der Waals surface area contributed by atoms with Crippen molar-refractivity contribution in [3.8, 4) is 0 Å². The maximum Gasteiger partial charge on any atom is 0.131 e. The topological polar surface area (TPSA) is 21.8 Å². The first-order valence-corrected chi connectivity index (χ1v) is 4.11. The summed E-state index contributed by atoms with van der Waals surface area (Å²) < 4.78 is 22.6. The number of hydrogen-bond acceptors (Lipinski definition) is 2. The van der Waals surface area contributed by atoms with Crippen molar-refractivity contribution < 1.29 is 13.9 Å². The van der Waals surface area contributed by atoms with Crippen LogP contribution in [0.15, 0.2) is 12.1 Å². The van der Waals surface area contributed by atoms with Crippen LogP contribution in [-0.2, 0) is 9.47 Å². The Hall–Kier alpha value is -0.570. The monoisotopic (exact) mass is 174 g/mol. The van der Waals surface area contributed by atoms with Crippen molar-refractivity contribution >= 4 is 0 Å². The molecule has 0 aromatic carbocycles. The van der Waals surface area contributed by atoms with Gasteiger partial charge in [-0.15, -0.1) is 0 Å². The van der Waals surface area contributed by atoms with Crippen molar-refractivity contribution in [1.82, 2.24) is 0 Å². The molecule has 1 atom stereocenters. The third-order valence-electron chi connectivity index (χ3n) is 1.66. The average molecular weight is 174 g/mol. The quantitative estimate of drug-likeness (QED) is 0.482. The van der Waals surface area contributed by atoms with Gasteiger partial charge in [0, 0.05) is 6.42 Å². The molecule has 1 fully saturated rings. The van der Waals surface area contributed by atoms with Gasteiger partial charge in [0.15, 0.2) is 0 Å². The van der Waals surface area contributed by atoms with Crippen LogP contribution < -0.4 is 0 Å². The standard InChI is InChI=1S/C9H15FO2/c1-7(10)5-12-9(2,3)4-8-6-11-8/h5,8H,4,6H2,1-3H3. The molecule has 1 unspecified atom stereocenters. The van der Waals surface area contributed by atoms with Crippen LogP contribution in [0.5, 0.6) is 0 Å². The van der Waals surface area contributed by atoms with E-state index in [1.165, 1.54) is 6.92 Å². The van der Waals surface area contributed by atoms with Crippen LogP contribution in [0, 0.1) is 0 Å². The van der Waals surface area contributed by atoms with Crippen LogP contribution >= 0.6 is 0 Å². The van der Waals surface area contributed by atoms with Gasteiger partial charge in [-0.25, -0.2) is 4.39 Å². The summed E-state index contributed by atoms with van der Waals surface area (Å²) in [6.07, 6.45) is 2.28. The van der Waals surface area contributed by atoms with Gasteiger partial charge >= 0.3 is 0 Å². The Balaban J connectivity index is 2.30. The van der Waals surface area contributed by atoms with E-state index in [-0.39, 0.29) is 11.4 Å². The number of allylic oxidation sites excluding steroid dienone is 1. The summed E-state index contributed by atoms with van der Waals surface area (Å²) in [5.41, 5.74) is -0.325. The molecule has 0 aromatic rings. The lowest BCUT2D eigenvalue weighted by Gasteiger charge is -2.23. The molecule has 0 aliphatic carbocycles. The summed E-state index contributed by atoms with van der Waals surface area (Å²) in [5, 5.41) is 0. The SMILES string of the molecule is CC(F)=COC(C)(C)CC1CO1. The van der Waals surface area contributed by atoms with E-state index in [0.717, 1.165) is 19.3 Å². The molecular formula is C9H15FO2. The molecule has 0 amide bonds. The molecule has 0 aromatic heterocycles. The molecule has 2 nitrogen and oxygen atoms in total. The summed E-state index contributed by atoms with van der Waals surface area (Å²) in [4.78, 5) is 0. The first-order chi connectivity index (χ1) is 5.49. The molecule has 0 radical (unpaired) electrons. The number of epoxide rings is 1. The third kappa shape index (κ3) is 3.72. The molecule has 0 spiro atoms. The first kappa shape index (κ1) is 9.52. The van der Waals surface area contributed by atoms with Gasteiger partial charge in [-0.3, -0.25) is 0 Å².